The van der Waals surface area contributed by atoms with Crippen molar-refractivity contribution in [1.29, 1.82) is 5.26 Å². The molecule has 1 aromatic carbocycles. The summed E-state index contributed by atoms with van der Waals surface area (Å²) in [7, 11) is 0. The number of rotatable bonds is 5. The predicted octanol–water partition coefficient (Wildman–Crippen LogP) is 1.91. The average molecular weight is 271 g/mol. The van der Waals surface area contributed by atoms with E-state index in [4.69, 9.17) is 11.0 Å². The van der Waals surface area contributed by atoms with Crippen LogP contribution in [0.5, 0.6) is 0 Å². The molecule has 0 aromatic heterocycles. The van der Waals surface area contributed by atoms with Crippen molar-refractivity contribution >= 4 is 5.91 Å². The van der Waals surface area contributed by atoms with Crippen molar-refractivity contribution in [1.82, 2.24) is 4.90 Å². The van der Waals surface area contributed by atoms with Crippen LogP contribution in [-0.2, 0) is 11.3 Å². The summed E-state index contributed by atoms with van der Waals surface area (Å²) in [6.45, 7) is 1.20. The van der Waals surface area contributed by atoms with Gasteiger partial charge in [0.25, 0.3) is 0 Å². The molecule has 1 aliphatic rings. The van der Waals surface area contributed by atoms with Gasteiger partial charge in [0.1, 0.15) is 6.54 Å². The first-order valence-electron chi connectivity index (χ1n) is 7.16. The third kappa shape index (κ3) is 3.37. The molecule has 4 nitrogen and oxygen atoms in total. The summed E-state index contributed by atoms with van der Waals surface area (Å²) < 4.78 is 0. The largest absolute Gasteiger partial charge is 0.330 e. The first-order chi connectivity index (χ1) is 9.76. The van der Waals surface area contributed by atoms with Crippen molar-refractivity contribution < 1.29 is 4.79 Å². The molecule has 0 saturated heterocycles. The van der Waals surface area contributed by atoms with Crippen LogP contribution in [0.4, 0.5) is 0 Å². The summed E-state index contributed by atoms with van der Waals surface area (Å²) in [5.74, 6) is 0.361. The Kier molecular flexibility index (Phi) is 5.14. The first kappa shape index (κ1) is 14.5. The number of nitriles is 1. The van der Waals surface area contributed by atoms with Gasteiger partial charge >= 0.3 is 0 Å². The zero-order chi connectivity index (χ0) is 14.4. The molecule has 0 radical (unpaired) electrons. The second-order valence-electron chi connectivity index (χ2n) is 5.37. The molecule has 2 N–H and O–H groups in total. The molecule has 0 bridgehead atoms. The topological polar surface area (TPSA) is 70.1 Å². The number of nitrogens with two attached hydrogens (primary N) is 1. The molecule has 0 heterocycles. The molecule has 2 atom stereocenters. The van der Waals surface area contributed by atoms with E-state index in [0.717, 1.165) is 24.8 Å². The van der Waals surface area contributed by atoms with Crippen molar-refractivity contribution in [2.24, 2.45) is 17.6 Å². The molecule has 1 aliphatic carbocycles. The summed E-state index contributed by atoms with van der Waals surface area (Å²) in [4.78, 5) is 14.3. The van der Waals surface area contributed by atoms with Crippen LogP contribution in [-0.4, -0.2) is 23.9 Å². The minimum atomic E-state index is -0.00272. The lowest BCUT2D eigenvalue weighted by Gasteiger charge is -2.26. The van der Waals surface area contributed by atoms with Gasteiger partial charge in [-0.1, -0.05) is 36.8 Å². The smallest absolute Gasteiger partial charge is 0.227 e. The van der Waals surface area contributed by atoms with Gasteiger partial charge in [-0.2, -0.15) is 5.26 Å². The van der Waals surface area contributed by atoms with Crippen LogP contribution < -0.4 is 5.73 Å². The van der Waals surface area contributed by atoms with Gasteiger partial charge in [0.15, 0.2) is 0 Å². The average Bonchev–Trinajstić information content (AvgIpc) is 2.95. The second kappa shape index (κ2) is 7.06. The summed E-state index contributed by atoms with van der Waals surface area (Å²) >= 11 is 0. The molecule has 1 amide bonds. The number of amides is 1. The van der Waals surface area contributed by atoms with E-state index in [-0.39, 0.29) is 24.3 Å². The van der Waals surface area contributed by atoms with Gasteiger partial charge in [-0.25, -0.2) is 0 Å². The molecule has 4 heteroatoms. The third-order valence-electron chi connectivity index (χ3n) is 4.07. The lowest BCUT2D eigenvalue weighted by Crippen LogP contribution is -2.38. The van der Waals surface area contributed by atoms with E-state index in [0.29, 0.717) is 13.1 Å². The van der Waals surface area contributed by atoms with E-state index in [1.807, 2.05) is 30.3 Å². The Bertz CT molecular complexity index is 480. The summed E-state index contributed by atoms with van der Waals surface area (Å²) in [6.07, 6.45) is 2.99. The zero-order valence-corrected chi connectivity index (χ0v) is 11.7. The maximum atomic E-state index is 12.6. The molecule has 0 spiro atoms. The van der Waals surface area contributed by atoms with Crippen LogP contribution in [0.15, 0.2) is 30.3 Å². The zero-order valence-electron chi connectivity index (χ0n) is 11.7. The molecule has 2 unspecified atom stereocenters. The Morgan fingerprint density at radius 2 is 2.10 bits per heavy atom. The van der Waals surface area contributed by atoms with Crippen LogP contribution in [0.25, 0.3) is 0 Å². The summed E-state index contributed by atoms with van der Waals surface area (Å²) in [6, 6.07) is 11.9. The minimum Gasteiger partial charge on any atom is -0.330 e. The fraction of sp³-hybridized carbons (Fsp3) is 0.500. The number of nitrogens with zero attached hydrogens (tertiary/aromatic N) is 2. The van der Waals surface area contributed by atoms with Gasteiger partial charge in [0.05, 0.1) is 6.07 Å². The van der Waals surface area contributed by atoms with Crippen molar-refractivity contribution in [3.05, 3.63) is 35.9 Å². The van der Waals surface area contributed by atoms with Crippen molar-refractivity contribution in [3.63, 3.8) is 0 Å². The standard InChI is InChI=1S/C16H21N3O/c17-9-10-19(12-13-5-2-1-3-6-13)16(20)15-8-4-7-14(15)11-18/h1-3,5-6,14-15H,4,7-8,10-12,18H2. The van der Waals surface area contributed by atoms with E-state index in [1.165, 1.54) is 0 Å². The highest BCUT2D eigenvalue weighted by Crippen LogP contribution is 2.32. The van der Waals surface area contributed by atoms with E-state index in [2.05, 4.69) is 6.07 Å². The lowest BCUT2D eigenvalue weighted by molar-refractivity contribution is -0.136. The van der Waals surface area contributed by atoms with E-state index >= 15 is 0 Å². The van der Waals surface area contributed by atoms with Crippen LogP contribution in [0.1, 0.15) is 24.8 Å². The highest BCUT2D eigenvalue weighted by molar-refractivity contribution is 5.79. The molecule has 106 valence electrons. The normalized spacial score (nSPS) is 21.4. The summed E-state index contributed by atoms with van der Waals surface area (Å²) in [5, 5.41) is 8.96. The number of hydrogen-bond donors (Lipinski definition) is 1. The highest BCUT2D eigenvalue weighted by atomic mass is 16.2. The highest BCUT2D eigenvalue weighted by Gasteiger charge is 2.34. The Hall–Kier alpha value is -1.86. The maximum Gasteiger partial charge on any atom is 0.227 e. The second-order valence-corrected chi connectivity index (χ2v) is 5.37. The monoisotopic (exact) mass is 271 g/mol. The van der Waals surface area contributed by atoms with Gasteiger partial charge in [0, 0.05) is 12.5 Å². The van der Waals surface area contributed by atoms with Gasteiger partial charge < -0.3 is 10.6 Å². The summed E-state index contributed by atoms with van der Waals surface area (Å²) in [5.41, 5.74) is 6.81. The molecular formula is C16H21N3O. The van der Waals surface area contributed by atoms with Crippen molar-refractivity contribution in [3.8, 4) is 6.07 Å². The SMILES string of the molecule is N#CCN(Cc1ccccc1)C(=O)C1CCCC1CN. The van der Waals surface area contributed by atoms with E-state index < -0.39 is 0 Å². The van der Waals surface area contributed by atoms with Crippen molar-refractivity contribution in [2.45, 2.75) is 25.8 Å². The molecule has 1 fully saturated rings. The van der Waals surface area contributed by atoms with Gasteiger partial charge in [-0.15, -0.1) is 0 Å². The molecular weight excluding hydrogens is 250 g/mol. The van der Waals surface area contributed by atoms with E-state index in [1.54, 1.807) is 4.90 Å². The Morgan fingerprint density at radius 3 is 2.75 bits per heavy atom. The quantitative estimate of drug-likeness (QED) is 0.832. The predicted molar refractivity (Wildman–Crippen MR) is 77.4 cm³/mol. The number of hydrogen-bond acceptors (Lipinski definition) is 3. The molecule has 0 aliphatic heterocycles. The Labute approximate surface area is 120 Å². The minimum absolute atomic E-state index is 0.00272. The number of carbonyl (C=O) groups excluding carboxylic acids is 1. The van der Waals surface area contributed by atoms with E-state index in [9.17, 15) is 4.79 Å². The maximum absolute atomic E-state index is 12.6. The van der Waals surface area contributed by atoms with Crippen LogP contribution >= 0.6 is 0 Å². The first-order valence-corrected chi connectivity index (χ1v) is 7.16. The third-order valence-corrected chi connectivity index (χ3v) is 4.07. The lowest BCUT2D eigenvalue weighted by atomic mass is 9.94. The van der Waals surface area contributed by atoms with Crippen LogP contribution in [0.3, 0.4) is 0 Å². The Morgan fingerprint density at radius 1 is 1.35 bits per heavy atom. The number of benzene rings is 1. The van der Waals surface area contributed by atoms with Gasteiger partial charge in [0.2, 0.25) is 5.91 Å². The van der Waals surface area contributed by atoms with Gasteiger partial charge in [-0.3, -0.25) is 4.79 Å². The molecule has 2 rings (SSSR count). The molecule has 1 saturated carbocycles. The Balaban J connectivity index is 2.08. The fourth-order valence-electron chi connectivity index (χ4n) is 2.98. The van der Waals surface area contributed by atoms with Crippen LogP contribution in [0, 0.1) is 23.2 Å². The fourth-order valence-corrected chi connectivity index (χ4v) is 2.98. The van der Waals surface area contributed by atoms with Gasteiger partial charge in [-0.05, 0) is 30.9 Å². The number of carbonyl (C=O) groups is 1. The molecule has 1 aromatic rings. The van der Waals surface area contributed by atoms with Crippen molar-refractivity contribution in [2.75, 3.05) is 13.1 Å². The molecule has 20 heavy (non-hydrogen) atoms. The van der Waals surface area contributed by atoms with Crippen LogP contribution in [0.2, 0.25) is 0 Å².